The molecule has 180 valence electrons. The fourth-order valence-corrected chi connectivity index (χ4v) is 8.33. The highest BCUT2D eigenvalue weighted by molar-refractivity contribution is 4.94. The van der Waals surface area contributed by atoms with Crippen molar-refractivity contribution >= 4 is 0 Å². The number of hydrogen-bond donors (Lipinski definition) is 0. The monoisotopic (exact) mass is 428 g/mol. The second kappa shape index (κ2) is 11.2. The van der Waals surface area contributed by atoms with Crippen LogP contribution in [0.25, 0.3) is 0 Å². The van der Waals surface area contributed by atoms with Gasteiger partial charge in [-0.15, -0.1) is 6.58 Å². The first kappa shape index (κ1) is 25.4. The fraction of sp³-hybridized carbons (Fsp3) is 0.935. The Morgan fingerprint density at radius 1 is 0.774 bits per heavy atom. The van der Waals surface area contributed by atoms with Gasteiger partial charge in [-0.05, 0) is 104 Å². The molecule has 0 amide bonds. The lowest BCUT2D eigenvalue weighted by molar-refractivity contribution is 0.119. The minimum Gasteiger partial charge on any atom is -0.103 e. The highest BCUT2D eigenvalue weighted by Gasteiger charge is 2.43. The van der Waals surface area contributed by atoms with Gasteiger partial charge >= 0.3 is 0 Å². The number of rotatable bonds is 12. The van der Waals surface area contributed by atoms with Crippen molar-refractivity contribution in [2.24, 2.45) is 46.3 Å². The molecule has 3 fully saturated rings. The summed E-state index contributed by atoms with van der Waals surface area (Å²) < 4.78 is 0. The molecule has 3 aliphatic carbocycles. The maximum absolute atomic E-state index is 3.87. The Bertz CT molecular complexity index is 544. The third-order valence-corrected chi connectivity index (χ3v) is 10.6. The minimum absolute atomic E-state index is 0.557. The summed E-state index contributed by atoms with van der Waals surface area (Å²) in [5, 5.41) is 0. The fourth-order valence-electron chi connectivity index (χ4n) is 8.33. The average Bonchev–Trinajstić information content (AvgIpc) is 3.47. The Morgan fingerprint density at radius 2 is 1.45 bits per heavy atom. The summed E-state index contributed by atoms with van der Waals surface area (Å²) in [6.45, 7) is 16.8. The summed E-state index contributed by atoms with van der Waals surface area (Å²) in [5.41, 5.74) is 1.17. The van der Waals surface area contributed by atoms with Crippen molar-refractivity contribution in [2.75, 3.05) is 0 Å². The molecule has 0 aromatic carbocycles. The van der Waals surface area contributed by atoms with Crippen molar-refractivity contribution < 1.29 is 0 Å². The summed E-state index contributed by atoms with van der Waals surface area (Å²) in [5.74, 6) is 6.00. The van der Waals surface area contributed by atoms with Gasteiger partial charge in [-0.1, -0.05) is 85.6 Å². The lowest BCUT2D eigenvalue weighted by Crippen LogP contribution is -2.28. The van der Waals surface area contributed by atoms with Gasteiger partial charge in [0.05, 0.1) is 0 Å². The van der Waals surface area contributed by atoms with E-state index >= 15 is 0 Å². The van der Waals surface area contributed by atoms with Crippen molar-refractivity contribution in [1.29, 1.82) is 0 Å². The zero-order valence-corrected chi connectivity index (χ0v) is 22.1. The van der Waals surface area contributed by atoms with Crippen molar-refractivity contribution in [2.45, 2.75) is 137 Å². The second-order valence-electron chi connectivity index (χ2n) is 13.5. The molecule has 0 spiro atoms. The van der Waals surface area contributed by atoms with Crippen LogP contribution in [-0.2, 0) is 0 Å². The minimum atomic E-state index is 0.557. The maximum Gasteiger partial charge on any atom is -0.0297 e. The first-order valence-electron chi connectivity index (χ1n) is 14.4. The van der Waals surface area contributed by atoms with Gasteiger partial charge in [-0.25, -0.2) is 0 Å². The Morgan fingerprint density at radius 3 is 2.13 bits per heavy atom. The van der Waals surface area contributed by atoms with E-state index in [0.29, 0.717) is 10.8 Å². The summed E-state index contributed by atoms with van der Waals surface area (Å²) in [6.07, 6.45) is 25.6. The molecule has 0 N–H and O–H groups in total. The van der Waals surface area contributed by atoms with E-state index in [0.717, 1.165) is 35.5 Å². The largest absolute Gasteiger partial charge is 0.103 e. The Hall–Kier alpha value is -0.260. The van der Waals surface area contributed by atoms with Gasteiger partial charge in [0.2, 0.25) is 0 Å². The number of allylic oxidation sites excluding steroid dienone is 1. The molecule has 7 unspecified atom stereocenters. The van der Waals surface area contributed by atoms with E-state index in [4.69, 9.17) is 0 Å². The van der Waals surface area contributed by atoms with Crippen LogP contribution in [0.15, 0.2) is 12.7 Å². The number of unbranched alkanes of at least 4 members (excludes halogenated alkanes) is 2. The molecule has 0 aliphatic heterocycles. The second-order valence-corrected chi connectivity index (χ2v) is 13.5. The molecule has 3 rings (SSSR count). The molecule has 3 aliphatic rings. The van der Waals surface area contributed by atoms with Crippen LogP contribution in [0.4, 0.5) is 0 Å². The Labute approximate surface area is 196 Å². The molecule has 0 radical (unpaired) electrons. The Balaban J connectivity index is 1.44. The SMILES string of the molecule is C=CCCCCC1CCC(CC(C)(C)C2CCC(CC(C)(CC)C3CCC(C)C3)C2)C1. The van der Waals surface area contributed by atoms with E-state index < -0.39 is 0 Å². The van der Waals surface area contributed by atoms with Gasteiger partial charge in [0, 0.05) is 0 Å². The highest BCUT2D eigenvalue weighted by Crippen LogP contribution is 2.54. The van der Waals surface area contributed by atoms with Crippen molar-refractivity contribution in [3.05, 3.63) is 12.7 Å². The normalized spacial score (nSPS) is 36.0. The predicted octanol–water partition coefficient (Wildman–Crippen LogP) is 10.2. The van der Waals surface area contributed by atoms with Crippen LogP contribution < -0.4 is 0 Å². The van der Waals surface area contributed by atoms with Crippen molar-refractivity contribution in [1.82, 2.24) is 0 Å². The van der Waals surface area contributed by atoms with Gasteiger partial charge < -0.3 is 0 Å². The number of hydrogen-bond acceptors (Lipinski definition) is 0. The van der Waals surface area contributed by atoms with Gasteiger partial charge in [0.15, 0.2) is 0 Å². The van der Waals surface area contributed by atoms with Gasteiger partial charge in [0.25, 0.3) is 0 Å². The molecule has 0 aromatic rings. The van der Waals surface area contributed by atoms with Crippen molar-refractivity contribution in [3.8, 4) is 0 Å². The average molecular weight is 429 g/mol. The first-order valence-corrected chi connectivity index (χ1v) is 14.4. The van der Waals surface area contributed by atoms with Crippen LogP contribution in [0.1, 0.15) is 137 Å². The molecule has 0 saturated heterocycles. The van der Waals surface area contributed by atoms with E-state index in [1.807, 2.05) is 0 Å². The zero-order valence-electron chi connectivity index (χ0n) is 22.1. The maximum atomic E-state index is 3.87. The van der Waals surface area contributed by atoms with E-state index in [9.17, 15) is 0 Å². The standard InChI is InChI=1S/C31H56/c1-7-9-10-11-12-25-14-15-26(20-25)22-30(4,5)28-18-16-27(21-28)23-31(6,8-2)29-17-13-24(3)19-29/h7,24-29H,1,8-23H2,2-6H3. The van der Waals surface area contributed by atoms with E-state index in [-0.39, 0.29) is 0 Å². The molecule has 7 atom stereocenters. The molecular weight excluding hydrogens is 372 g/mol. The summed E-state index contributed by atoms with van der Waals surface area (Å²) in [7, 11) is 0. The molecule has 0 heteroatoms. The van der Waals surface area contributed by atoms with Crippen LogP contribution in [0.3, 0.4) is 0 Å². The van der Waals surface area contributed by atoms with Crippen molar-refractivity contribution in [3.63, 3.8) is 0 Å². The van der Waals surface area contributed by atoms with Crippen LogP contribution in [0, 0.1) is 46.3 Å². The topological polar surface area (TPSA) is 0 Å². The predicted molar refractivity (Wildman–Crippen MR) is 138 cm³/mol. The highest BCUT2D eigenvalue weighted by atomic mass is 14.5. The molecule has 0 nitrogen and oxygen atoms in total. The smallest absolute Gasteiger partial charge is 0.0297 e. The Kier molecular flexibility index (Phi) is 9.20. The molecule has 3 saturated carbocycles. The molecule has 0 heterocycles. The van der Waals surface area contributed by atoms with Crippen LogP contribution in [0.5, 0.6) is 0 Å². The quantitative estimate of drug-likeness (QED) is 0.214. The van der Waals surface area contributed by atoms with Crippen LogP contribution >= 0.6 is 0 Å². The summed E-state index contributed by atoms with van der Waals surface area (Å²) >= 11 is 0. The summed E-state index contributed by atoms with van der Waals surface area (Å²) in [4.78, 5) is 0. The molecular formula is C31H56. The lowest BCUT2D eigenvalue weighted by Gasteiger charge is -2.38. The van der Waals surface area contributed by atoms with E-state index in [2.05, 4.69) is 47.3 Å². The van der Waals surface area contributed by atoms with Gasteiger partial charge in [-0.3, -0.25) is 0 Å². The lowest BCUT2D eigenvalue weighted by atomic mass is 9.67. The third-order valence-electron chi connectivity index (χ3n) is 10.6. The molecule has 0 bridgehead atoms. The van der Waals surface area contributed by atoms with Crippen LogP contribution in [0.2, 0.25) is 0 Å². The third kappa shape index (κ3) is 6.86. The summed E-state index contributed by atoms with van der Waals surface area (Å²) in [6, 6.07) is 0. The van der Waals surface area contributed by atoms with Gasteiger partial charge in [-0.2, -0.15) is 0 Å². The van der Waals surface area contributed by atoms with Crippen LogP contribution in [-0.4, -0.2) is 0 Å². The molecule has 0 aromatic heterocycles. The first-order chi connectivity index (χ1) is 14.8. The molecule has 31 heavy (non-hydrogen) atoms. The van der Waals surface area contributed by atoms with Gasteiger partial charge in [0.1, 0.15) is 0 Å². The van der Waals surface area contributed by atoms with E-state index in [1.54, 1.807) is 0 Å². The zero-order chi connectivity index (χ0) is 22.5. The van der Waals surface area contributed by atoms with E-state index in [1.165, 1.54) is 103 Å².